The van der Waals surface area contributed by atoms with Gasteiger partial charge < -0.3 is 4.90 Å². The zero-order valence-corrected chi connectivity index (χ0v) is 40.2. The fourth-order valence-corrected chi connectivity index (χ4v) is 12.9. The molecule has 1 heteroatoms. The first-order chi connectivity index (χ1) is 36.2. The highest BCUT2D eigenvalue weighted by Crippen LogP contribution is 2.62. The normalized spacial score (nSPS) is 13.4. The average molecular weight is 928 g/mol. The minimum Gasteiger partial charge on any atom is -0.310 e. The summed E-state index contributed by atoms with van der Waals surface area (Å²) in [7, 11) is 0. The van der Waals surface area contributed by atoms with Crippen molar-refractivity contribution in [2.75, 3.05) is 4.90 Å². The minimum absolute atomic E-state index is 0.558. The molecule has 2 aliphatic rings. The number of benzene rings is 12. The van der Waals surface area contributed by atoms with E-state index in [-0.39, 0.29) is 0 Å². The zero-order chi connectivity index (χ0) is 48.3. The molecule has 73 heavy (non-hydrogen) atoms. The van der Waals surface area contributed by atoms with Gasteiger partial charge in [0.15, 0.2) is 0 Å². The predicted octanol–water partition coefficient (Wildman–Crippen LogP) is 18.4. The van der Waals surface area contributed by atoms with E-state index in [1.165, 1.54) is 99.8 Å². The van der Waals surface area contributed by atoms with E-state index in [2.05, 4.69) is 302 Å². The maximum Gasteiger partial charge on any atom is 0.0714 e. The molecule has 0 radical (unpaired) electrons. The third kappa shape index (κ3) is 6.42. The summed E-state index contributed by atoms with van der Waals surface area (Å²) >= 11 is 0. The van der Waals surface area contributed by atoms with E-state index in [0.29, 0.717) is 0 Å². The number of rotatable bonds is 9. The summed E-state index contributed by atoms with van der Waals surface area (Å²) in [5.74, 6) is 0. The van der Waals surface area contributed by atoms with Crippen LogP contribution in [0.1, 0.15) is 44.5 Å². The van der Waals surface area contributed by atoms with Crippen LogP contribution >= 0.6 is 0 Å². The number of hydrogen-bond donors (Lipinski definition) is 0. The first kappa shape index (κ1) is 42.6. The van der Waals surface area contributed by atoms with Gasteiger partial charge in [-0.25, -0.2) is 0 Å². The SMILES string of the molecule is c1ccc(-c2cccc3c2-c2ccc(N(c4ccc(-c5cccc6ccccc56)cc4)c4cccc5c4-c4ccccc4C5(c4ccccc4)c4ccccc4)cc2C3(c2ccccc2)c2ccccc2)cc1. The monoisotopic (exact) mass is 927 g/mol. The summed E-state index contributed by atoms with van der Waals surface area (Å²) in [6.07, 6.45) is 0. The molecule has 0 spiro atoms. The molecule has 12 aromatic rings. The topological polar surface area (TPSA) is 3.24 Å². The van der Waals surface area contributed by atoms with E-state index < -0.39 is 10.8 Å². The van der Waals surface area contributed by atoms with Crippen molar-refractivity contribution >= 4 is 27.8 Å². The summed E-state index contributed by atoms with van der Waals surface area (Å²) in [6, 6.07) is 110. The smallest absolute Gasteiger partial charge is 0.0714 e. The Morgan fingerprint density at radius 2 is 0.671 bits per heavy atom. The van der Waals surface area contributed by atoms with Gasteiger partial charge in [0.1, 0.15) is 0 Å². The van der Waals surface area contributed by atoms with Crippen LogP contribution in [-0.2, 0) is 10.8 Å². The third-order valence-corrected chi connectivity index (χ3v) is 15.8. The Morgan fingerprint density at radius 3 is 1.32 bits per heavy atom. The number of nitrogens with zero attached hydrogens (tertiary/aromatic N) is 1. The van der Waals surface area contributed by atoms with Gasteiger partial charge in [-0.3, -0.25) is 0 Å². The van der Waals surface area contributed by atoms with Crippen LogP contribution in [0.25, 0.3) is 55.3 Å². The van der Waals surface area contributed by atoms with E-state index in [0.717, 1.165) is 17.1 Å². The predicted molar refractivity (Wildman–Crippen MR) is 304 cm³/mol. The number of fused-ring (bicyclic) bond motifs is 7. The molecule has 0 saturated carbocycles. The van der Waals surface area contributed by atoms with Crippen LogP contribution in [0.4, 0.5) is 17.1 Å². The van der Waals surface area contributed by atoms with Gasteiger partial charge in [0, 0.05) is 16.9 Å². The van der Waals surface area contributed by atoms with Gasteiger partial charge in [-0.1, -0.05) is 267 Å². The third-order valence-electron chi connectivity index (χ3n) is 15.8. The van der Waals surface area contributed by atoms with Gasteiger partial charge in [-0.15, -0.1) is 0 Å². The Labute approximate surface area is 427 Å². The van der Waals surface area contributed by atoms with Crippen LogP contribution in [0, 0.1) is 0 Å². The van der Waals surface area contributed by atoms with Crippen molar-refractivity contribution in [1.29, 1.82) is 0 Å². The summed E-state index contributed by atoms with van der Waals surface area (Å²) in [5.41, 5.74) is 22.0. The molecular weight excluding hydrogens is 879 g/mol. The van der Waals surface area contributed by atoms with Crippen molar-refractivity contribution in [1.82, 2.24) is 0 Å². The Kier molecular flexibility index (Phi) is 10.0. The second-order valence-electron chi connectivity index (χ2n) is 19.4. The molecule has 0 bridgehead atoms. The van der Waals surface area contributed by atoms with Crippen molar-refractivity contribution < 1.29 is 0 Å². The Morgan fingerprint density at radius 1 is 0.247 bits per heavy atom. The van der Waals surface area contributed by atoms with Gasteiger partial charge in [-0.05, 0) is 125 Å². The molecule has 1 nitrogen and oxygen atoms in total. The molecule has 12 aromatic carbocycles. The first-order valence-electron chi connectivity index (χ1n) is 25.4. The molecule has 0 aromatic heterocycles. The molecule has 0 atom stereocenters. The van der Waals surface area contributed by atoms with Crippen molar-refractivity contribution in [2.24, 2.45) is 0 Å². The highest BCUT2D eigenvalue weighted by atomic mass is 15.1. The van der Waals surface area contributed by atoms with E-state index in [1.807, 2.05) is 0 Å². The summed E-state index contributed by atoms with van der Waals surface area (Å²) in [5, 5.41) is 2.48. The Hall–Kier alpha value is -9.30. The van der Waals surface area contributed by atoms with E-state index >= 15 is 0 Å². The molecule has 0 saturated heterocycles. The van der Waals surface area contributed by atoms with E-state index in [9.17, 15) is 0 Å². The molecule has 0 N–H and O–H groups in total. The standard InChI is InChI=1S/C72H49N/c1-6-23-51(24-7-1)61-38-21-40-65-69(61)63-48-47-58(49-67(63)72(65,55-31-12-4-13-32-55)56-33-14-5-15-34-56)73(57-45-43-52(44-46-57)60-37-20-26-50-25-16-17-35-59(50)60)68-42-22-41-66-70(68)62-36-18-19-39-64(62)71(66,53-27-8-2-9-28-53)54-29-10-3-11-30-54/h1-49H. The molecule has 14 rings (SSSR count). The lowest BCUT2D eigenvalue weighted by Crippen LogP contribution is -2.29. The molecular formula is C72H49N. The number of anilines is 3. The second kappa shape index (κ2) is 17.2. The second-order valence-corrected chi connectivity index (χ2v) is 19.4. The molecule has 2 aliphatic carbocycles. The zero-order valence-electron chi connectivity index (χ0n) is 40.2. The van der Waals surface area contributed by atoms with E-state index in [4.69, 9.17) is 0 Å². The van der Waals surface area contributed by atoms with Crippen molar-refractivity contribution in [3.05, 3.63) is 342 Å². The molecule has 0 unspecified atom stereocenters. The maximum absolute atomic E-state index is 2.54. The fourth-order valence-electron chi connectivity index (χ4n) is 12.9. The highest BCUT2D eigenvalue weighted by Gasteiger charge is 2.49. The van der Waals surface area contributed by atoms with Crippen LogP contribution in [0.15, 0.2) is 297 Å². The molecule has 0 heterocycles. The lowest BCUT2D eigenvalue weighted by atomic mass is 9.67. The summed E-state index contributed by atoms with van der Waals surface area (Å²) < 4.78 is 0. The van der Waals surface area contributed by atoms with Crippen molar-refractivity contribution in [3.63, 3.8) is 0 Å². The number of hydrogen-bond acceptors (Lipinski definition) is 1. The molecule has 0 amide bonds. The largest absolute Gasteiger partial charge is 0.310 e. The molecule has 342 valence electrons. The maximum atomic E-state index is 2.54. The van der Waals surface area contributed by atoms with Gasteiger partial charge in [0.25, 0.3) is 0 Å². The first-order valence-corrected chi connectivity index (χ1v) is 25.4. The van der Waals surface area contributed by atoms with Crippen LogP contribution in [0.2, 0.25) is 0 Å². The van der Waals surface area contributed by atoms with Crippen molar-refractivity contribution in [2.45, 2.75) is 10.8 Å². The molecule has 0 fully saturated rings. The van der Waals surface area contributed by atoms with Gasteiger partial charge in [-0.2, -0.15) is 0 Å². The lowest BCUT2D eigenvalue weighted by molar-refractivity contribution is 0.768. The van der Waals surface area contributed by atoms with Crippen LogP contribution in [-0.4, -0.2) is 0 Å². The van der Waals surface area contributed by atoms with Gasteiger partial charge >= 0.3 is 0 Å². The van der Waals surface area contributed by atoms with Gasteiger partial charge in [0.2, 0.25) is 0 Å². The quantitative estimate of drug-likeness (QED) is 0.139. The Balaban J connectivity index is 1.07. The molecule has 0 aliphatic heterocycles. The van der Waals surface area contributed by atoms with Crippen LogP contribution in [0.5, 0.6) is 0 Å². The van der Waals surface area contributed by atoms with Crippen LogP contribution < -0.4 is 4.90 Å². The average Bonchev–Trinajstić information content (AvgIpc) is 3.98. The minimum atomic E-state index is -0.626. The summed E-state index contributed by atoms with van der Waals surface area (Å²) in [4.78, 5) is 2.54. The Bertz CT molecular complexity index is 3910. The lowest BCUT2D eigenvalue weighted by Gasteiger charge is -2.35. The van der Waals surface area contributed by atoms with Gasteiger partial charge in [0.05, 0.1) is 16.5 Å². The van der Waals surface area contributed by atoms with Crippen molar-refractivity contribution in [3.8, 4) is 44.5 Å². The highest BCUT2D eigenvalue weighted by molar-refractivity contribution is 6.01. The fraction of sp³-hybridized carbons (Fsp3) is 0.0278. The van der Waals surface area contributed by atoms with E-state index in [1.54, 1.807) is 0 Å². The van der Waals surface area contributed by atoms with Crippen LogP contribution in [0.3, 0.4) is 0 Å². The summed E-state index contributed by atoms with van der Waals surface area (Å²) in [6.45, 7) is 0.